The number of phenolic OH excluding ortho intramolecular Hbond substituents is 1. The number of ketones is 4. The van der Waals surface area contributed by atoms with E-state index in [4.69, 9.17) is 10.5 Å². The van der Waals surface area contributed by atoms with Gasteiger partial charge in [0, 0.05) is 23.6 Å². The topological polar surface area (TPSA) is 168 Å². The Labute approximate surface area is 258 Å². The van der Waals surface area contributed by atoms with E-state index in [-0.39, 0.29) is 24.2 Å². The van der Waals surface area contributed by atoms with E-state index in [1.54, 1.807) is 14.1 Å². The molecule has 0 spiro atoms. The van der Waals surface area contributed by atoms with Crippen molar-refractivity contribution >= 4 is 29.0 Å². The number of nitrogens with two attached hydrogens (primary N) is 1. The molecular weight excluding hydrogens is 566 g/mol. The summed E-state index contributed by atoms with van der Waals surface area (Å²) < 4.78 is 5.86. The standard InChI is InChI=1S/C33H45N3O8/c1-5-36(12-11-17-9-7-6-8-10-17)16-19-15-22(37)24-20(29(19)44-4)13-18-14-21-26(35(2)3)28(39)25(32(34)42)31(41)33(21,43)30(40)23(18)27(24)38/h15,17-18,21,23,25-26,37,43H,5-14,16H2,1-4H3,(H2,34,42)/t18-,21-,23?,25?,26-,33-/m0/s1. The predicted molar refractivity (Wildman–Crippen MR) is 160 cm³/mol. The van der Waals surface area contributed by atoms with Crippen LogP contribution in [0.1, 0.15) is 73.4 Å². The van der Waals surface area contributed by atoms with Gasteiger partial charge in [-0.05, 0) is 64.3 Å². The molecule has 0 aliphatic heterocycles. The van der Waals surface area contributed by atoms with Crippen molar-refractivity contribution in [1.29, 1.82) is 0 Å². The highest BCUT2D eigenvalue weighted by Crippen LogP contribution is 2.52. The lowest BCUT2D eigenvalue weighted by Crippen LogP contribution is -2.74. The van der Waals surface area contributed by atoms with Crippen molar-refractivity contribution in [2.45, 2.75) is 76.5 Å². The van der Waals surface area contributed by atoms with Gasteiger partial charge in [0.1, 0.15) is 11.5 Å². The Hall–Kier alpha value is -3.15. The maximum absolute atomic E-state index is 14.0. The van der Waals surface area contributed by atoms with E-state index in [2.05, 4.69) is 11.8 Å². The molecule has 11 heteroatoms. The predicted octanol–water partition coefficient (Wildman–Crippen LogP) is 1.67. The number of hydrogen-bond acceptors (Lipinski definition) is 10. The summed E-state index contributed by atoms with van der Waals surface area (Å²) >= 11 is 0. The van der Waals surface area contributed by atoms with Gasteiger partial charge in [-0.1, -0.05) is 39.0 Å². The molecule has 5 rings (SSSR count). The van der Waals surface area contributed by atoms with Gasteiger partial charge >= 0.3 is 0 Å². The van der Waals surface area contributed by atoms with Crippen LogP contribution in [0, 0.1) is 29.6 Å². The van der Waals surface area contributed by atoms with Crippen LogP contribution >= 0.6 is 0 Å². The molecular formula is C33H45N3O8. The molecule has 11 nitrogen and oxygen atoms in total. The lowest BCUT2D eigenvalue weighted by atomic mass is 9.52. The fourth-order valence-electron chi connectivity index (χ4n) is 8.52. The summed E-state index contributed by atoms with van der Waals surface area (Å²) in [6.07, 6.45) is 7.66. The highest BCUT2D eigenvalue weighted by molar-refractivity contribution is 6.32. The molecule has 1 aromatic rings. The molecule has 0 saturated heterocycles. The van der Waals surface area contributed by atoms with Crippen LogP contribution in [0.2, 0.25) is 0 Å². The summed E-state index contributed by atoms with van der Waals surface area (Å²) in [7, 11) is 4.64. The molecule has 240 valence electrons. The van der Waals surface area contributed by atoms with Crippen LogP contribution in [0.4, 0.5) is 0 Å². The molecule has 4 aliphatic rings. The molecule has 4 aliphatic carbocycles. The Kier molecular flexibility index (Phi) is 9.04. The number of rotatable bonds is 9. The van der Waals surface area contributed by atoms with E-state index >= 15 is 0 Å². The van der Waals surface area contributed by atoms with Crippen molar-refractivity contribution < 1.29 is 38.9 Å². The SMILES string of the molecule is CCN(CCC1CCCCC1)Cc1cc(O)c2c(c1OC)C[C@H]1C[C@H]3[C@H](N(C)C)C(=O)C(C(N)=O)C(=O)[C@@]3(O)C(=O)C1C2=O. The number of fused-ring (bicyclic) bond motifs is 3. The van der Waals surface area contributed by atoms with Crippen LogP contribution in [0.5, 0.6) is 11.5 Å². The van der Waals surface area contributed by atoms with Crippen LogP contribution in [0.15, 0.2) is 6.07 Å². The average molecular weight is 612 g/mol. The van der Waals surface area contributed by atoms with Gasteiger partial charge in [0.25, 0.3) is 0 Å². The van der Waals surface area contributed by atoms with Crippen LogP contribution in [-0.4, -0.2) is 95.0 Å². The maximum atomic E-state index is 14.0. The van der Waals surface area contributed by atoms with E-state index in [9.17, 15) is 34.2 Å². The number of Topliss-reactive ketones (excluding diaryl/α,β-unsaturated/α-hetero) is 4. The number of ether oxygens (including phenoxy) is 1. The molecule has 1 aromatic carbocycles. The minimum atomic E-state index is -2.74. The lowest BCUT2D eigenvalue weighted by molar-refractivity contribution is -0.181. The highest BCUT2D eigenvalue weighted by atomic mass is 16.5. The molecule has 0 heterocycles. The molecule has 1 amide bonds. The summed E-state index contributed by atoms with van der Waals surface area (Å²) in [4.78, 5) is 70.7. The van der Waals surface area contributed by atoms with E-state index in [1.165, 1.54) is 50.2 Å². The summed E-state index contributed by atoms with van der Waals surface area (Å²) in [5.41, 5.74) is 3.81. The van der Waals surface area contributed by atoms with E-state index < -0.39 is 64.4 Å². The maximum Gasteiger partial charge on any atom is 0.235 e. The second kappa shape index (κ2) is 12.3. The summed E-state index contributed by atoms with van der Waals surface area (Å²) in [6, 6.07) is 0.375. The van der Waals surface area contributed by atoms with Gasteiger partial charge in [0.2, 0.25) is 5.91 Å². The Balaban J connectivity index is 1.49. The number of carbonyl (C=O) groups is 5. The van der Waals surface area contributed by atoms with E-state index in [0.29, 0.717) is 17.9 Å². The first-order valence-electron chi connectivity index (χ1n) is 15.8. The number of aliphatic hydroxyl groups is 1. The first-order valence-corrected chi connectivity index (χ1v) is 15.8. The van der Waals surface area contributed by atoms with Crippen LogP contribution in [0.3, 0.4) is 0 Å². The first-order chi connectivity index (χ1) is 20.9. The molecule has 44 heavy (non-hydrogen) atoms. The number of amides is 1. The number of phenols is 1. The summed E-state index contributed by atoms with van der Waals surface area (Å²) in [6.45, 7) is 4.30. The molecule has 4 N–H and O–H groups in total. The summed E-state index contributed by atoms with van der Waals surface area (Å²) in [5, 5.41) is 22.9. The van der Waals surface area contributed by atoms with Crippen molar-refractivity contribution in [2.24, 2.45) is 35.3 Å². The average Bonchev–Trinajstić information content (AvgIpc) is 2.97. The second-order valence-electron chi connectivity index (χ2n) is 13.4. The number of nitrogens with zero attached hydrogens (tertiary/aromatic N) is 2. The monoisotopic (exact) mass is 611 g/mol. The van der Waals surface area contributed by atoms with Crippen molar-refractivity contribution in [1.82, 2.24) is 9.80 Å². The normalized spacial score (nSPS) is 30.8. The Bertz CT molecular complexity index is 1370. The minimum absolute atomic E-state index is 0.000508. The van der Waals surface area contributed by atoms with Crippen molar-refractivity contribution in [2.75, 3.05) is 34.3 Å². The van der Waals surface area contributed by atoms with Crippen LogP contribution < -0.4 is 10.5 Å². The van der Waals surface area contributed by atoms with Crippen molar-refractivity contribution in [3.63, 3.8) is 0 Å². The number of likely N-dealkylation sites (N-methyl/N-ethyl adjacent to an activating group) is 1. The first kappa shape index (κ1) is 32.2. The number of methoxy groups -OCH3 is 1. The number of hydrogen-bond donors (Lipinski definition) is 3. The number of primary amides is 1. The molecule has 3 fully saturated rings. The number of benzene rings is 1. The molecule has 0 radical (unpaired) electrons. The van der Waals surface area contributed by atoms with E-state index in [0.717, 1.165) is 31.0 Å². The molecule has 0 aromatic heterocycles. The third kappa shape index (κ3) is 5.16. The fourth-order valence-corrected chi connectivity index (χ4v) is 8.52. The van der Waals surface area contributed by atoms with Gasteiger partial charge < -0.3 is 20.7 Å². The highest BCUT2D eigenvalue weighted by Gasteiger charge is 2.69. The van der Waals surface area contributed by atoms with Gasteiger partial charge in [0.05, 0.1) is 24.6 Å². The summed E-state index contributed by atoms with van der Waals surface area (Å²) in [5.74, 6) is -9.38. The van der Waals surface area contributed by atoms with Gasteiger partial charge in [-0.15, -0.1) is 0 Å². The molecule has 2 unspecified atom stereocenters. The molecule has 3 saturated carbocycles. The second-order valence-corrected chi connectivity index (χ2v) is 13.4. The van der Waals surface area contributed by atoms with Gasteiger partial charge in [-0.2, -0.15) is 0 Å². The van der Waals surface area contributed by atoms with Crippen molar-refractivity contribution in [3.05, 3.63) is 22.8 Å². The zero-order valence-electron chi connectivity index (χ0n) is 26.1. The molecule has 6 atom stereocenters. The van der Waals surface area contributed by atoms with Crippen LogP contribution in [-0.2, 0) is 32.1 Å². The zero-order valence-corrected chi connectivity index (χ0v) is 26.1. The number of aromatic hydroxyl groups is 1. The minimum Gasteiger partial charge on any atom is -0.507 e. The van der Waals surface area contributed by atoms with Gasteiger partial charge in [0.15, 0.2) is 34.7 Å². The van der Waals surface area contributed by atoms with Gasteiger partial charge in [-0.3, -0.25) is 33.8 Å². The Morgan fingerprint density at radius 1 is 1.11 bits per heavy atom. The third-order valence-corrected chi connectivity index (χ3v) is 10.7. The zero-order chi connectivity index (χ0) is 32.1. The van der Waals surface area contributed by atoms with Crippen LogP contribution in [0.25, 0.3) is 0 Å². The number of carbonyl (C=O) groups excluding carboxylic acids is 5. The quantitative estimate of drug-likeness (QED) is 0.350. The molecule has 0 bridgehead atoms. The third-order valence-electron chi connectivity index (χ3n) is 10.7. The van der Waals surface area contributed by atoms with Crippen molar-refractivity contribution in [3.8, 4) is 11.5 Å². The van der Waals surface area contributed by atoms with Gasteiger partial charge in [-0.25, -0.2) is 0 Å². The smallest absolute Gasteiger partial charge is 0.235 e. The largest absolute Gasteiger partial charge is 0.507 e. The Morgan fingerprint density at radius 2 is 1.80 bits per heavy atom. The van der Waals surface area contributed by atoms with E-state index in [1.807, 2.05) is 0 Å². The fraction of sp³-hybridized carbons (Fsp3) is 0.667. The Morgan fingerprint density at radius 3 is 2.39 bits per heavy atom. The lowest BCUT2D eigenvalue weighted by Gasteiger charge is -2.52.